The number of carbonyl (C=O) groups excluding carboxylic acids is 1. The van der Waals surface area contributed by atoms with E-state index < -0.39 is 0 Å². The maximum absolute atomic E-state index is 12.2. The molecule has 0 amide bonds. The molecule has 2 aromatic rings. The van der Waals surface area contributed by atoms with Crippen LogP contribution in [0.1, 0.15) is 15.9 Å². The number of hydrogen-bond acceptors (Lipinski definition) is 4. The zero-order chi connectivity index (χ0) is 12.4. The van der Waals surface area contributed by atoms with Crippen LogP contribution in [0.15, 0.2) is 42.5 Å². The van der Waals surface area contributed by atoms with Gasteiger partial charge in [-0.2, -0.15) is 0 Å². The fourth-order valence-corrected chi connectivity index (χ4v) is 1.62. The molecule has 0 fully saturated rings. The number of rotatable bonds is 2. The van der Waals surface area contributed by atoms with Crippen LogP contribution >= 0.6 is 0 Å². The molecule has 0 unspecified atom stereocenters. The van der Waals surface area contributed by atoms with Gasteiger partial charge in [0.15, 0.2) is 5.78 Å². The maximum atomic E-state index is 12.2. The van der Waals surface area contributed by atoms with Gasteiger partial charge in [0.05, 0.1) is 0 Å². The van der Waals surface area contributed by atoms with Crippen LogP contribution < -0.4 is 17.2 Å². The van der Waals surface area contributed by atoms with E-state index in [9.17, 15) is 4.79 Å². The first-order valence-corrected chi connectivity index (χ1v) is 5.14. The predicted molar refractivity (Wildman–Crippen MR) is 69.6 cm³/mol. The Kier molecular flexibility index (Phi) is 2.70. The average molecular weight is 227 g/mol. The summed E-state index contributed by atoms with van der Waals surface area (Å²) >= 11 is 0. The smallest absolute Gasteiger partial charge is 0.197 e. The van der Waals surface area contributed by atoms with Crippen molar-refractivity contribution >= 4 is 22.8 Å². The summed E-state index contributed by atoms with van der Waals surface area (Å²) < 4.78 is 0. The number of para-hydroxylation sites is 1. The fourth-order valence-electron chi connectivity index (χ4n) is 1.62. The molecule has 0 saturated carbocycles. The molecule has 0 spiro atoms. The molecule has 2 rings (SSSR count). The van der Waals surface area contributed by atoms with Crippen molar-refractivity contribution in [1.29, 1.82) is 0 Å². The highest BCUT2D eigenvalue weighted by Gasteiger charge is 2.14. The number of hydrogen-bond donors (Lipinski definition) is 3. The van der Waals surface area contributed by atoms with Crippen molar-refractivity contribution in [2.45, 2.75) is 0 Å². The summed E-state index contributed by atoms with van der Waals surface area (Å²) in [6.45, 7) is 0. The zero-order valence-electron chi connectivity index (χ0n) is 9.18. The number of anilines is 3. The van der Waals surface area contributed by atoms with Crippen LogP contribution in [0.25, 0.3) is 0 Å². The maximum Gasteiger partial charge on any atom is 0.197 e. The highest BCUT2D eigenvalue weighted by atomic mass is 16.1. The van der Waals surface area contributed by atoms with E-state index in [4.69, 9.17) is 17.2 Å². The molecule has 4 nitrogen and oxygen atoms in total. The summed E-state index contributed by atoms with van der Waals surface area (Å²) in [6, 6.07) is 11.7. The van der Waals surface area contributed by atoms with Crippen molar-refractivity contribution in [3.05, 3.63) is 53.6 Å². The predicted octanol–water partition coefficient (Wildman–Crippen LogP) is 1.66. The van der Waals surface area contributed by atoms with E-state index in [1.807, 2.05) is 0 Å². The van der Waals surface area contributed by atoms with Gasteiger partial charge in [0.2, 0.25) is 0 Å². The molecule has 17 heavy (non-hydrogen) atoms. The molecule has 0 atom stereocenters. The molecular weight excluding hydrogens is 214 g/mol. The first-order valence-electron chi connectivity index (χ1n) is 5.14. The van der Waals surface area contributed by atoms with Crippen molar-refractivity contribution in [2.75, 3.05) is 17.2 Å². The largest absolute Gasteiger partial charge is 0.399 e. The lowest BCUT2D eigenvalue weighted by molar-refractivity contribution is 0.104. The van der Waals surface area contributed by atoms with E-state index in [-0.39, 0.29) is 5.78 Å². The second-order valence-corrected chi connectivity index (χ2v) is 3.76. The molecule has 0 saturated heterocycles. The number of ketones is 1. The zero-order valence-corrected chi connectivity index (χ0v) is 9.18. The van der Waals surface area contributed by atoms with Gasteiger partial charge in [0.25, 0.3) is 0 Å². The first kappa shape index (κ1) is 11.0. The lowest BCUT2D eigenvalue weighted by Crippen LogP contribution is -2.08. The Morgan fingerprint density at radius 1 is 0.824 bits per heavy atom. The van der Waals surface area contributed by atoms with Crippen LogP contribution in [0, 0.1) is 0 Å². The van der Waals surface area contributed by atoms with Crippen molar-refractivity contribution < 1.29 is 4.79 Å². The molecule has 86 valence electrons. The fraction of sp³-hybridized carbons (Fsp3) is 0. The third-order valence-corrected chi connectivity index (χ3v) is 2.53. The second kappa shape index (κ2) is 4.17. The Labute approximate surface area is 99.0 Å². The van der Waals surface area contributed by atoms with E-state index in [0.29, 0.717) is 28.2 Å². The van der Waals surface area contributed by atoms with Crippen LogP contribution in [0.2, 0.25) is 0 Å². The van der Waals surface area contributed by atoms with E-state index in [2.05, 4.69) is 0 Å². The highest BCUT2D eigenvalue weighted by molar-refractivity contribution is 6.15. The Morgan fingerprint density at radius 2 is 1.47 bits per heavy atom. The normalized spacial score (nSPS) is 10.1. The number of nitrogen functional groups attached to an aromatic ring is 3. The minimum Gasteiger partial charge on any atom is -0.399 e. The summed E-state index contributed by atoms with van der Waals surface area (Å²) in [5.74, 6) is -0.215. The van der Waals surface area contributed by atoms with E-state index in [1.54, 1.807) is 42.5 Å². The van der Waals surface area contributed by atoms with Crippen LogP contribution in [-0.4, -0.2) is 5.78 Å². The van der Waals surface area contributed by atoms with Crippen LogP contribution in [0.4, 0.5) is 17.1 Å². The first-order chi connectivity index (χ1) is 8.09. The molecule has 6 N–H and O–H groups in total. The molecule has 4 heteroatoms. The van der Waals surface area contributed by atoms with Gasteiger partial charge in [0.1, 0.15) is 0 Å². The number of benzene rings is 2. The topological polar surface area (TPSA) is 95.1 Å². The number of nitrogens with two attached hydrogens (primary N) is 3. The number of carbonyl (C=O) groups is 1. The minimum atomic E-state index is -0.215. The van der Waals surface area contributed by atoms with Crippen molar-refractivity contribution in [2.24, 2.45) is 0 Å². The monoisotopic (exact) mass is 227 g/mol. The highest BCUT2D eigenvalue weighted by Crippen LogP contribution is 2.22. The summed E-state index contributed by atoms with van der Waals surface area (Å²) in [7, 11) is 0. The van der Waals surface area contributed by atoms with Gasteiger partial charge >= 0.3 is 0 Å². The van der Waals surface area contributed by atoms with E-state index in [1.165, 1.54) is 0 Å². The molecule has 0 aliphatic rings. The molecule has 2 aromatic carbocycles. The van der Waals surface area contributed by atoms with E-state index >= 15 is 0 Å². The van der Waals surface area contributed by atoms with Crippen molar-refractivity contribution in [1.82, 2.24) is 0 Å². The summed E-state index contributed by atoms with van der Waals surface area (Å²) in [5, 5.41) is 0. The SMILES string of the molecule is Nc1ccc(N)c(C(=O)c2ccccc2N)c1. The molecule has 0 aliphatic carbocycles. The second-order valence-electron chi connectivity index (χ2n) is 3.76. The van der Waals surface area contributed by atoms with E-state index in [0.717, 1.165) is 0 Å². The van der Waals surface area contributed by atoms with Crippen molar-refractivity contribution in [3.63, 3.8) is 0 Å². The summed E-state index contributed by atoms with van der Waals surface area (Å²) in [4.78, 5) is 12.2. The van der Waals surface area contributed by atoms with Gasteiger partial charge in [-0.3, -0.25) is 4.79 Å². The summed E-state index contributed by atoms with van der Waals surface area (Å²) in [5.41, 5.74) is 19.3. The Morgan fingerprint density at radius 3 is 2.18 bits per heavy atom. The summed E-state index contributed by atoms with van der Waals surface area (Å²) in [6.07, 6.45) is 0. The molecule has 0 heterocycles. The lowest BCUT2D eigenvalue weighted by Gasteiger charge is -2.07. The van der Waals surface area contributed by atoms with Gasteiger partial charge < -0.3 is 17.2 Å². The quantitative estimate of drug-likeness (QED) is 0.537. The third kappa shape index (κ3) is 2.06. The van der Waals surface area contributed by atoms with Gasteiger partial charge in [-0.05, 0) is 30.3 Å². The minimum absolute atomic E-state index is 0.215. The standard InChI is InChI=1S/C13H13N3O/c14-8-5-6-12(16)10(7-8)13(17)9-3-1-2-4-11(9)15/h1-7H,14-16H2. The molecule has 0 bridgehead atoms. The molecule has 0 aliphatic heterocycles. The molecular formula is C13H13N3O. The van der Waals surface area contributed by atoms with Crippen LogP contribution in [0.3, 0.4) is 0 Å². The molecule has 0 aromatic heterocycles. The Bertz CT molecular complexity index is 579. The van der Waals surface area contributed by atoms with Crippen molar-refractivity contribution in [3.8, 4) is 0 Å². The lowest BCUT2D eigenvalue weighted by atomic mass is 10.00. The van der Waals surface area contributed by atoms with Gasteiger partial charge in [-0.15, -0.1) is 0 Å². The van der Waals surface area contributed by atoms with Crippen LogP contribution in [-0.2, 0) is 0 Å². The van der Waals surface area contributed by atoms with Gasteiger partial charge in [-0.25, -0.2) is 0 Å². The Hall–Kier alpha value is -2.49. The average Bonchev–Trinajstić information content (AvgIpc) is 2.32. The Balaban J connectivity index is 2.51. The third-order valence-electron chi connectivity index (χ3n) is 2.53. The van der Waals surface area contributed by atoms with Gasteiger partial charge in [-0.1, -0.05) is 12.1 Å². The van der Waals surface area contributed by atoms with Crippen LogP contribution in [0.5, 0.6) is 0 Å². The molecule has 0 radical (unpaired) electrons. The van der Waals surface area contributed by atoms with Gasteiger partial charge in [0, 0.05) is 28.2 Å².